The van der Waals surface area contributed by atoms with Gasteiger partial charge in [-0.15, -0.1) is 0 Å². The van der Waals surface area contributed by atoms with Crippen molar-refractivity contribution in [2.75, 3.05) is 30.1 Å². The van der Waals surface area contributed by atoms with Crippen molar-refractivity contribution >= 4 is 27.3 Å². The quantitative estimate of drug-likeness (QED) is 0.778. The molecule has 0 fully saturated rings. The van der Waals surface area contributed by atoms with Crippen LogP contribution >= 0.6 is 0 Å². The molecule has 1 atom stereocenters. The monoisotopic (exact) mass is 396 g/mol. The second-order valence-electron chi connectivity index (χ2n) is 5.77. The number of rotatable bonds is 7. The molecule has 0 aliphatic heterocycles. The second kappa shape index (κ2) is 8.26. The van der Waals surface area contributed by atoms with Crippen molar-refractivity contribution in [1.82, 2.24) is 0 Å². The van der Waals surface area contributed by atoms with Gasteiger partial charge in [0.1, 0.15) is 23.4 Å². The van der Waals surface area contributed by atoms with Gasteiger partial charge in [0.15, 0.2) is 0 Å². The SMILES string of the molecule is COc1ccc(OC)c(NC(=O)C(C)N(c2cccc(F)c2)S(C)(=O)=O)c1. The number of hydrogen-bond acceptors (Lipinski definition) is 5. The molecule has 1 unspecified atom stereocenters. The van der Waals surface area contributed by atoms with Gasteiger partial charge in [-0.2, -0.15) is 0 Å². The molecule has 2 rings (SSSR count). The summed E-state index contributed by atoms with van der Waals surface area (Å²) in [5.41, 5.74) is 0.374. The summed E-state index contributed by atoms with van der Waals surface area (Å²) in [6.07, 6.45) is 0.952. The molecule has 0 bridgehead atoms. The number of anilines is 2. The number of nitrogens with zero attached hydrogens (tertiary/aromatic N) is 1. The number of ether oxygens (including phenoxy) is 2. The summed E-state index contributed by atoms with van der Waals surface area (Å²) in [5, 5.41) is 2.63. The Morgan fingerprint density at radius 2 is 1.85 bits per heavy atom. The summed E-state index contributed by atoms with van der Waals surface area (Å²) in [5.74, 6) is -0.351. The summed E-state index contributed by atoms with van der Waals surface area (Å²) in [4.78, 5) is 12.7. The van der Waals surface area contributed by atoms with Crippen LogP contribution in [0.3, 0.4) is 0 Å². The van der Waals surface area contributed by atoms with Crippen LogP contribution in [0.1, 0.15) is 6.92 Å². The minimum absolute atomic E-state index is 0.0535. The van der Waals surface area contributed by atoms with E-state index in [4.69, 9.17) is 9.47 Å². The molecule has 0 saturated heterocycles. The maximum Gasteiger partial charge on any atom is 0.248 e. The summed E-state index contributed by atoms with van der Waals surface area (Å²) in [7, 11) is -0.931. The molecule has 0 aliphatic carbocycles. The lowest BCUT2D eigenvalue weighted by Gasteiger charge is -2.28. The van der Waals surface area contributed by atoms with Crippen molar-refractivity contribution in [1.29, 1.82) is 0 Å². The molecule has 27 heavy (non-hydrogen) atoms. The molecular formula is C18H21FN2O5S. The lowest BCUT2D eigenvalue weighted by molar-refractivity contribution is -0.116. The van der Waals surface area contributed by atoms with Crippen molar-refractivity contribution in [3.8, 4) is 11.5 Å². The first-order valence-electron chi connectivity index (χ1n) is 7.95. The van der Waals surface area contributed by atoms with Crippen molar-refractivity contribution in [3.63, 3.8) is 0 Å². The molecule has 2 aromatic rings. The fourth-order valence-electron chi connectivity index (χ4n) is 2.57. The number of amides is 1. The van der Waals surface area contributed by atoms with E-state index in [1.807, 2.05) is 0 Å². The molecule has 0 aromatic heterocycles. The summed E-state index contributed by atoms with van der Waals surface area (Å²) >= 11 is 0. The van der Waals surface area contributed by atoms with E-state index in [1.165, 1.54) is 39.3 Å². The first-order chi connectivity index (χ1) is 12.7. The van der Waals surface area contributed by atoms with Crippen LogP contribution in [-0.4, -0.2) is 40.8 Å². The highest BCUT2D eigenvalue weighted by Crippen LogP contribution is 2.30. The number of carbonyl (C=O) groups is 1. The Morgan fingerprint density at radius 3 is 2.41 bits per heavy atom. The molecule has 2 aromatic carbocycles. The van der Waals surface area contributed by atoms with Crippen LogP contribution in [0.15, 0.2) is 42.5 Å². The maximum atomic E-state index is 13.6. The van der Waals surface area contributed by atoms with Crippen molar-refractivity contribution in [3.05, 3.63) is 48.3 Å². The van der Waals surface area contributed by atoms with Crippen LogP contribution in [-0.2, 0) is 14.8 Å². The molecule has 1 N–H and O–H groups in total. The number of halogens is 1. The molecule has 1 amide bonds. The number of carbonyl (C=O) groups excluding carboxylic acids is 1. The van der Waals surface area contributed by atoms with Gasteiger partial charge in [-0.05, 0) is 37.3 Å². The van der Waals surface area contributed by atoms with Crippen LogP contribution in [0.2, 0.25) is 0 Å². The van der Waals surface area contributed by atoms with Gasteiger partial charge in [-0.25, -0.2) is 12.8 Å². The van der Waals surface area contributed by atoms with Crippen molar-refractivity contribution in [2.45, 2.75) is 13.0 Å². The molecule has 0 radical (unpaired) electrons. The molecule has 146 valence electrons. The van der Waals surface area contributed by atoms with Crippen LogP contribution in [0.25, 0.3) is 0 Å². The summed E-state index contributed by atoms with van der Waals surface area (Å²) in [6.45, 7) is 1.41. The standard InChI is InChI=1S/C18H21FN2O5S/c1-12(21(27(4,23)24)14-7-5-6-13(19)10-14)18(22)20-16-11-15(25-2)8-9-17(16)26-3/h5-12H,1-4H3,(H,20,22). The molecule has 0 saturated carbocycles. The fourth-order valence-corrected chi connectivity index (χ4v) is 3.74. The van der Waals surface area contributed by atoms with Crippen molar-refractivity contribution < 1.29 is 27.1 Å². The largest absolute Gasteiger partial charge is 0.497 e. The first kappa shape index (κ1) is 20.5. The van der Waals surface area contributed by atoms with Gasteiger partial charge in [-0.3, -0.25) is 9.10 Å². The molecule has 0 aliphatic rings. The minimum atomic E-state index is -3.85. The Kier molecular flexibility index (Phi) is 6.27. The molecule has 0 heterocycles. The molecule has 0 spiro atoms. The zero-order valence-electron chi connectivity index (χ0n) is 15.4. The number of hydrogen-bond donors (Lipinski definition) is 1. The van der Waals surface area contributed by atoms with E-state index in [9.17, 15) is 17.6 Å². The highest BCUT2D eigenvalue weighted by molar-refractivity contribution is 7.92. The van der Waals surface area contributed by atoms with E-state index in [0.29, 0.717) is 17.2 Å². The van der Waals surface area contributed by atoms with Gasteiger partial charge in [0.2, 0.25) is 15.9 Å². The van der Waals surface area contributed by atoms with Gasteiger partial charge >= 0.3 is 0 Å². The molecule has 9 heteroatoms. The van der Waals surface area contributed by atoms with Crippen molar-refractivity contribution in [2.24, 2.45) is 0 Å². The van der Waals surface area contributed by atoms with E-state index < -0.39 is 27.8 Å². The Balaban J connectivity index is 2.36. The smallest absolute Gasteiger partial charge is 0.248 e. The third kappa shape index (κ3) is 4.88. The number of nitrogens with one attached hydrogen (secondary N) is 1. The van der Waals surface area contributed by atoms with E-state index in [2.05, 4.69) is 5.32 Å². The minimum Gasteiger partial charge on any atom is -0.497 e. The topological polar surface area (TPSA) is 84.9 Å². The Bertz CT molecular complexity index is 933. The van der Waals surface area contributed by atoms with Crippen LogP contribution in [0, 0.1) is 5.82 Å². The van der Waals surface area contributed by atoms with E-state index in [1.54, 1.807) is 18.2 Å². The Labute approximate surface area is 157 Å². The zero-order valence-corrected chi connectivity index (χ0v) is 16.2. The maximum absolute atomic E-state index is 13.6. The lowest BCUT2D eigenvalue weighted by Crippen LogP contribution is -2.45. The third-order valence-electron chi connectivity index (χ3n) is 3.82. The number of methoxy groups -OCH3 is 2. The highest BCUT2D eigenvalue weighted by Gasteiger charge is 2.30. The average molecular weight is 396 g/mol. The van der Waals surface area contributed by atoms with Gasteiger partial charge in [0.25, 0.3) is 0 Å². The van der Waals surface area contributed by atoms with Crippen LogP contribution < -0.4 is 19.1 Å². The van der Waals surface area contributed by atoms with Gasteiger partial charge < -0.3 is 14.8 Å². The fraction of sp³-hybridized carbons (Fsp3) is 0.278. The van der Waals surface area contributed by atoms with Gasteiger partial charge in [0, 0.05) is 6.07 Å². The summed E-state index contributed by atoms with van der Waals surface area (Å²) < 4.78 is 49.2. The van der Waals surface area contributed by atoms with E-state index in [-0.39, 0.29) is 5.69 Å². The Hall–Kier alpha value is -2.81. The third-order valence-corrected chi connectivity index (χ3v) is 5.06. The highest BCUT2D eigenvalue weighted by atomic mass is 32.2. The predicted octanol–water partition coefficient (Wildman–Crippen LogP) is 2.64. The average Bonchev–Trinajstić information content (AvgIpc) is 2.60. The van der Waals surface area contributed by atoms with E-state index in [0.717, 1.165) is 16.6 Å². The second-order valence-corrected chi connectivity index (χ2v) is 7.63. The van der Waals surface area contributed by atoms with E-state index >= 15 is 0 Å². The number of sulfonamides is 1. The molecule has 7 nitrogen and oxygen atoms in total. The Morgan fingerprint density at radius 1 is 1.15 bits per heavy atom. The molecular weight excluding hydrogens is 375 g/mol. The normalized spacial score (nSPS) is 12.2. The van der Waals surface area contributed by atoms with Gasteiger partial charge in [0.05, 0.1) is 31.9 Å². The summed E-state index contributed by atoms with van der Waals surface area (Å²) in [6, 6.07) is 8.72. The zero-order chi connectivity index (χ0) is 20.2. The van der Waals surface area contributed by atoms with Crippen LogP contribution in [0.5, 0.6) is 11.5 Å². The lowest BCUT2D eigenvalue weighted by atomic mass is 10.2. The van der Waals surface area contributed by atoms with Gasteiger partial charge in [-0.1, -0.05) is 6.07 Å². The predicted molar refractivity (Wildman–Crippen MR) is 101 cm³/mol. The first-order valence-corrected chi connectivity index (χ1v) is 9.80. The number of benzene rings is 2. The van der Waals surface area contributed by atoms with Crippen LogP contribution in [0.4, 0.5) is 15.8 Å².